The van der Waals surface area contributed by atoms with Gasteiger partial charge in [-0.2, -0.15) is 5.26 Å². The largest absolute Gasteiger partial charge is 0.198 e. The van der Waals surface area contributed by atoms with Gasteiger partial charge in [-0.1, -0.05) is 58.3 Å². The summed E-state index contributed by atoms with van der Waals surface area (Å²) < 4.78 is 0. The third-order valence-corrected chi connectivity index (χ3v) is 8.50. The van der Waals surface area contributed by atoms with Crippen LogP contribution in [0.2, 0.25) is 0 Å². The van der Waals surface area contributed by atoms with Crippen LogP contribution in [0.5, 0.6) is 0 Å². The molecule has 3 saturated carbocycles. The molecule has 0 saturated heterocycles. The fourth-order valence-electron chi connectivity index (χ4n) is 6.68. The summed E-state index contributed by atoms with van der Waals surface area (Å²) in [6, 6.07) is 2.62. The molecule has 1 nitrogen and oxygen atoms in total. The highest BCUT2D eigenvalue weighted by atomic mass is 14.5. The van der Waals surface area contributed by atoms with Crippen molar-refractivity contribution in [3.8, 4) is 6.07 Å². The van der Waals surface area contributed by atoms with Gasteiger partial charge in [0.1, 0.15) is 0 Å². The Morgan fingerprint density at radius 1 is 0.808 bits per heavy atom. The molecule has 0 amide bonds. The van der Waals surface area contributed by atoms with Gasteiger partial charge >= 0.3 is 0 Å². The first-order valence-corrected chi connectivity index (χ1v) is 12.0. The lowest BCUT2D eigenvalue weighted by atomic mass is 9.58. The van der Waals surface area contributed by atoms with Crippen LogP contribution in [0.25, 0.3) is 0 Å². The number of fused-ring (bicyclic) bond motifs is 1. The van der Waals surface area contributed by atoms with E-state index in [9.17, 15) is 5.26 Å². The second-order valence-corrected chi connectivity index (χ2v) is 10.5. The maximum absolute atomic E-state index is 9.48. The Bertz CT molecular complexity index is 455. The van der Waals surface area contributed by atoms with E-state index in [1.165, 1.54) is 96.3 Å². The minimum atomic E-state index is -0.0107. The quantitative estimate of drug-likeness (QED) is 0.425. The Morgan fingerprint density at radius 3 is 2.19 bits per heavy atom. The van der Waals surface area contributed by atoms with Crippen LogP contribution in [0.4, 0.5) is 0 Å². The smallest absolute Gasteiger partial charge is 0.0686 e. The lowest BCUT2D eigenvalue weighted by Crippen LogP contribution is -2.37. The van der Waals surface area contributed by atoms with E-state index in [0.29, 0.717) is 0 Å². The maximum atomic E-state index is 9.48. The number of nitriles is 1. The normalized spacial score (nSPS) is 40.6. The molecule has 0 radical (unpaired) electrons. The van der Waals surface area contributed by atoms with Gasteiger partial charge in [0.2, 0.25) is 0 Å². The Balaban J connectivity index is 1.36. The number of rotatable bonds is 7. The van der Waals surface area contributed by atoms with Gasteiger partial charge in [-0.25, -0.2) is 0 Å². The van der Waals surface area contributed by atoms with Gasteiger partial charge < -0.3 is 0 Å². The first kappa shape index (κ1) is 20.2. The molecule has 0 bridgehead atoms. The van der Waals surface area contributed by atoms with Crippen molar-refractivity contribution in [2.24, 2.45) is 35.0 Å². The Labute approximate surface area is 163 Å². The molecule has 0 unspecified atom stereocenters. The molecule has 0 N–H and O–H groups in total. The summed E-state index contributed by atoms with van der Waals surface area (Å²) in [5.74, 6) is 4.93. The van der Waals surface area contributed by atoms with Crippen molar-refractivity contribution in [3.63, 3.8) is 0 Å². The molecule has 0 spiro atoms. The average molecular weight is 358 g/mol. The highest BCUT2D eigenvalue weighted by Gasteiger charge is 2.42. The van der Waals surface area contributed by atoms with Crippen LogP contribution in [0, 0.1) is 46.3 Å². The monoisotopic (exact) mass is 357 g/mol. The molecule has 3 fully saturated rings. The molecule has 3 aliphatic carbocycles. The van der Waals surface area contributed by atoms with E-state index in [-0.39, 0.29) is 5.41 Å². The zero-order chi connectivity index (χ0) is 18.4. The SMILES string of the molecule is CCCCCCCC1CCC([C@H]2CC[C@H]3C[C@@](C)(C#N)CC[C@H]3C2)CC1. The van der Waals surface area contributed by atoms with Crippen LogP contribution in [0.15, 0.2) is 0 Å². The molecule has 0 aromatic rings. The minimum absolute atomic E-state index is 0.0107. The van der Waals surface area contributed by atoms with Crippen LogP contribution in [0.1, 0.15) is 117 Å². The van der Waals surface area contributed by atoms with Crippen LogP contribution in [0.3, 0.4) is 0 Å². The first-order chi connectivity index (χ1) is 12.6. The molecular formula is C25H43N. The molecule has 4 atom stereocenters. The molecule has 0 aromatic carbocycles. The highest BCUT2D eigenvalue weighted by Crippen LogP contribution is 2.52. The third-order valence-electron chi connectivity index (χ3n) is 8.50. The molecule has 0 aromatic heterocycles. The summed E-state index contributed by atoms with van der Waals surface area (Å²) in [5.41, 5.74) is -0.0107. The lowest BCUT2D eigenvalue weighted by molar-refractivity contribution is 0.0467. The van der Waals surface area contributed by atoms with Crippen molar-refractivity contribution in [1.29, 1.82) is 5.26 Å². The fraction of sp³-hybridized carbons (Fsp3) is 0.960. The van der Waals surface area contributed by atoms with Crippen molar-refractivity contribution in [1.82, 2.24) is 0 Å². The Morgan fingerprint density at radius 2 is 1.46 bits per heavy atom. The van der Waals surface area contributed by atoms with Gasteiger partial charge in [0.05, 0.1) is 11.5 Å². The van der Waals surface area contributed by atoms with Gasteiger partial charge in [0.25, 0.3) is 0 Å². The average Bonchev–Trinajstić information content (AvgIpc) is 2.68. The zero-order valence-corrected chi connectivity index (χ0v) is 17.6. The maximum Gasteiger partial charge on any atom is 0.0686 e. The molecule has 3 aliphatic rings. The molecule has 148 valence electrons. The molecular weight excluding hydrogens is 314 g/mol. The summed E-state index contributed by atoms with van der Waals surface area (Å²) in [5, 5.41) is 9.48. The second-order valence-electron chi connectivity index (χ2n) is 10.5. The van der Waals surface area contributed by atoms with E-state index in [1.54, 1.807) is 0 Å². The van der Waals surface area contributed by atoms with Gasteiger partial charge in [0, 0.05) is 0 Å². The van der Waals surface area contributed by atoms with Crippen LogP contribution >= 0.6 is 0 Å². The van der Waals surface area contributed by atoms with Crippen molar-refractivity contribution in [3.05, 3.63) is 0 Å². The standard InChI is InChI=1S/C25H43N/c1-3-4-5-6-7-8-20-9-11-21(12-10-20)22-13-14-24-18-25(2,19-26)16-15-23(24)17-22/h20-24H,3-18H2,1-2H3/t20?,21?,22-,23-,24-,25-/m0/s1. The van der Waals surface area contributed by atoms with Gasteiger partial charge in [-0.3, -0.25) is 0 Å². The van der Waals surface area contributed by atoms with E-state index in [1.807, 2.05) is 0 Å². The Kier molecular flexibility index (Phi) is 7.48. The fourth-order valence-corrected chi connectivity index (χ4v) is 6.68. The first-order valence-electron chi connectivity index (χ1n) is 12.0. The highest BCUT2D eigenvalue weighted by molar-refractivity contribution is 5.02. The summed E-state index contributed by atoms with van der Waals surface area (Å²) in [4.78, 5) is 0. The number of nitrogens with zero attached hydrogens (tertiary/aromatic N) is 1. The van der Waals surface area contributed by atoms with Gasteiger partial charge in [-0.15, -0.1) is 0 Å². The topological polar surface area (TPSA) is 23.8 Å². The molecule has 3 rings (SSSR count). The zero-order valence-electron chi connectivity index (χ0n) is 17.6. The molecule has 0 aliphatic heterocycles. The van der Waals surface area contributed by atoms with Crippen molar-refractivity contribution in [2.45, 2.75) is 117 Å². The summed E-state index contributed by atoms with van der Waals surface area (Å²) in [7, 11) is 0. The summed E-state index contributed by atoms with van der Waals surface area (Å²) in [6.45, 7) is 4.52. The Hall–Kier alpha value is -0.510. The van der Waals surface area contributed by atoms with Crippen molar-refractivity contribution < 1.29 is 0 Å². The van der Waals surface area contributed by atoms with E-state index in [4.69, 9.17) is 0 Å². The number of unbranched alkanes of at least 4 members (excludes halogenated alkanes) is 4. The van der Waals surface area contributed by atoms with Crippen molar-refractivity contribution in [2.75, 3.05) is 0 Å². The summed E-state index contributed by atoms with van der Waals surface area (Å²) in [6.07, 6.45) is 22.9. The van der Waals surface area contributed by atoms with Gasteiger partial charge in [0.15, 0.2) is 0 Å². The van der Waals surface area contributed by atoms with Gasteiger partial charge in [-0.05, 0) is 87.9 Å². The second kappa shape index (κ2) is 9.61. The van der Waals surface area contributed by atoms with E-state index in [2.05, 4.69) is 19.9 Å². The molecule has 0 heterocycles. The predicted molar refractivity (Wildman–Crippen MR) is 111 cm³/mol. The number of hydrogen-bond acceptors (Lipinski definition) is 1. The summed E-state index contributed by atoms with van der Waals surface area (Å²) >= 11 is 0. The molecule has 26 heavy (non-hydrogen) atoms. The predicted octanol–water partition coefficient (Wildman–Crippen LogP) is 7.90. The van der Waals surface area contributed by atoms with E-state index in [0.717, 1.165) is 36.0 Å². The van der Waals surface area contributed by atoms with Crippen LogP contribution in [-0.4, -0.2) is 0 Å². The third kappa shape index (κ3) is 5.27. The van der Waals surface area contributed by atoms with E-state index < -0.39 is 0 Å². The van der Waals surface area contributed by atoms with Crippen LogP contribution in [-0.2, 0) is 0 Å². The van der Waals surface area contributed by atoms with Crippen LogP contribution < -0.4 is 0 Å². The number of hydrogen-bond donors (Lipinski definition) is 0. The minimum Gasteiger partial charge on any atom is -0.198 e. The molecule has 1 heteroatoms. The van der Waals surface area contributed by atoms with Crippen molar-refractivity contribution >= 4 is 0 Å². The lowest BCUT2D eigenvalue weighted by Gasteiger charge is -2.46. The van der Waals surface area contributed by atoms with E-state index >= 15 is 0 Å².